The van der Waals surface area contributed by atoms with E-state index in [0.717, 1.165) is 46.8 Å². The van der Waals surface area contributed by atoms with E-state index in [1.165, 1.54) is 12.8 Å². The quantitative estimate of drug-likeness (QED) is 0.315. The van der Waals surface area contributed by atoms with Gasteiger partial charge in [0, 0.05) is 36.4 Å². The maximum atomic E-state index is 12.5. The summed E-state index contributed by atoms with van der Waals surface area (Å²) in [6.45, 7) is 6.25. The minimum Gasteiger partial charge on any atom is -0.493 e. The zero-order valence-corrected chi connectivity index (χ0v) is 21.7. The summed E-state index contributed by atoms with van der Waals surface area (Å²) in [6, 6.07) is 18.1. The fourth-order valence-corrected chi connectivity index (χ4v) is 4.50. The van der Waals surface area contributed by atoms with Gasteiger partial charge < -0.3 is 19.1 Å². The molecule has 2 aromatic carbocycles. The molecule has 1 heterocycles. The van der Waals surface area contributed by atoms with Crippen molar-refractivity contribution in [3.8, 4) is 11.5 Å². The summed E-state index contributed by atoms with van der Waals surface area (Å²) < 4.78 is 17.5. The topological polar surface area (TPSA) is 60.9 Å². The van der Waals surface area contributed by atoms with Gasteiger partial charge in [0.15, 0.2) is 11.5 Å². The predicted molar refractivity (Wildman–Crippen MR) is 142 cm³/mol. The standard InChI is InChI=1S/C30H36N2O4/c1-30(2,3)36-29(33)18-22-9-7-11-24(17-22)32(21-23-10-8-16-31-20-23)25-14-15-27(34-4)28(19-25)35-26-12-5-6-13-26/h7-11,14-17,19-20,26H,5-6,12-13,18,21H2,1-4H3. The Morgan fingerprint density at radius 3 is 2.42 bits per heavy atom. The highest BCUT2D eigenvalue weighted by Crippen LogP contribution is 2.38. The summed E-state index contributed by atoms with van der Waals surface area (Å²) in [5, 5.41) is 0. The molecule has 0 aliphatic heterocycles. The molecule has 0 bridgehead atoms. The summed E-state index contributed by atoms with van der Waals surface area (Å²) in [4.78, 5) is 19.0. The van der Waals surface area contributed by atoms with E-state index in [2.05, 4.69) is 22.0 Å². The summed E-state index contributed by atoms with van der Waals surface area (Å²) in [6.07, 6.45) is 8.61. The van der Waals surface area contributed by atoms with Crippen LogP contribution in [-0.4, -0.2) is 29.8 Å². The van der Waals surface area contributed by atoms with E-state index < -0.39 is 5.60 Å². The Labute approximate surface area is 214 Å². The third-order valence-electron chi connectivity index (χ3n) is 6.11. The van der Waals surface area contributed by atoms with Crippen molar-refractivity contribution in [3.05, 3.63) is 78.1 Å². The minimum atomic E-state index is -0.514. The smallest absolute Gasteiger partial charge is 0.310 e. The molecule has 0 radical (unpaired) electrons. The van der Waals surface area contributed by atoms with Crippen molar-refractivity contribution in [1.82, 2.24) is 4.98 Å². The van der Waals surface area contributed by atoms with E-state index in [1.807, 2.05) is 69.4 Å². The van der Waals surface area contributed by atoms with Gasteiger partial charge >= 0.3 is 5.97 Å². The fraction of sp³-hybridized carbons (Fsp3) is 0.400. The van der Waals surface area contributed by atoms with Crippen LogP contribution in [0.15, 0.2) is 67.0 Å². The number of hydrogen-bond acceptors (Lipinski definition) is 6. The highest BCUT2D eigenvalue weighted by atomic mass is 16.6. The highest BCUT2D eigenvalue weighted by Gasteiger charge is 2.21. The highest BCUT2D eigenvalue weighted by molar-refractivity contribution is 5.74. The molecule has 0 saturated heterocycles. The number of ether oxygens (including phenoxy) is 3. The molecule has 1 aliphatic rings. The van der Waals surface area contributed by atoms with Crippen LogP contribution in [0.5, 0.6) is 11.5 Å². The number of aromatic nitrogens is 1. The summed E-state index contributed by atoms with van der Waals surface area (Å²) in [7, 11) is 1.67. The Bertz CT molecular complexity index is 1150. The third kappa shape index (κ3) is 7.00. The number of anilines is 2. The first-order valence-corrected chi connectivity index (χ1v) is 12.6. The molecule has 0 amide bonds. The van der Waals surface area contributed by atoms with Crippen LogP contribution in [-0.2, 0) is 22.5 Å². The molecular formula is C30H36N2O4. The second-order valence-electron chi connectivity index (χ2n) is 10.2. The van der Waals surface area contributed by atoms with Gasteiger partial charge in [0.05, 0.1) is 19.6 Å². The molecule has 6 heteroatoms. The number of hydrogen-bond donors (Lipinski definition) is 0. The van der Waals surface area contributed by atoms with Crippen LogP contribution in [0.1, 0.15) is 57.6 Å². The first-order chi connectivity index (χ1) is 17.3. The second-order valence-corrected chi connectivity index (χ2v) is 10.2. The zero-order valence-electron chi connectivity index (χ0n) is 21.7. The molecule has 0 spiro atoms. The SMILES string of the molecule is COc1ccc(N(Cc2cccnc2)c2cccc(CC(=O)OC(C)(C)C)c2)cc1OC1CCCC1. The van der Waals surface area contributed by atoms with Crippen LogP contribution < -0.4 is 14.4 Å². The van der Waals surface area contributed by atoms with Gasteiger partial charge in [-0.3, -0.25) is 9.78 Å². The van der Waals surface area contributed by atoms with Crippen LogP contribution in [0.25, 0.3) is 0 Å². The lowest BCUT2D eigenvalue weighted by Gasteiger charge is -2.27. The Balaban J connectivity index is 1.66. The van der Waals surface area contributed by atoms with E-state index in [1.54, 1.807) is 13.3 Å². The molecule has 36 heavy (non-hydrogen) atoms. The Morgan fingerprint density at radius 1 is 0.972 bits per heavy atom. The fourth-order valence-electron chi connectivity index (χ4n) is 4.50. The average molecular weight is 489 g/mol. The van der Waals surface area contributed by atoms with E-state index in [0.29, 0.717) is 6.54 Å². The van der Waals surface area contributed by atoms with Crippen molar-refractivity contribution >= 4 is 17.3 Å². The number of methoxy groups -OCH3 is 1. The van der Waals surface area contributed by atoms with E-state index in [9.17, 15) is 4.79 Å². The second kappa shape index (κ2) is 11.5. The first kappa shape index (κ1) is 25.5. The molecule has 1 fully saturated rings. The Morgan fingerprint density at radius 2 is 1.72 bits per heavy atom. The van der Waals surface area contributed by atoms with Crippen molar-refractivity contribution in [1.29, 1.82) is 0 Å². The van der Waals surface area contributed by atoms with Gasteiger partial charge in [0.2, 0.25) is 0 Å². The Kier molecular flexibility index (Phi) is 8.14. The van der Waals surface area contributed by atoms with Crippen molar-refractivity contribution < 1.29 is 19.0 Å². The van der Waals surface area contributed by atoms with Gasteiger partial charge in [-0.15, -0.1) is 0 Å². The summed E-state index contributed by atoms with van der Waals surface area (Å²) in [5.41, 5.74) is 3.40. The number of benzene rings is 2. The number of nitrogens with zero attached hydrogens (tertiary/aromatic N) is 2. The normalized spacial score (nSPS) is 13.9. The Hall–Kier alpha value is -3.54. The molecule has 190 valence electrons. The molecule has 0 unspecified atom stereocenters. The number of carbonyl (C=O) groups excluding carboxylic acids is 1. The number of carbonyl (C=O) groups is 1. The van der Waals surface area contributed by atoms with Gasteiger partial charge in [0.25, 0.3) is 0 Å². The van der Waals surface area contributed by atoms with Gasteiger partial charge in [-0.05, 0) is 87.9 Å². The molecule has 0 N–H and O–H groups in total. The van der Waals surface area contributed by atoms with Gasteiger partial charge in [-0.25, -0.2) is 0 Å². The lowest BCUT2D eigenvalue weighted by atomic mass is 10.1. The van der Waals surface area contributed by atoms with Gasteiger partial charge in [0.1, 0.15) is 5.60 Å². The molecule has 0 atom stereocenters. The molecule has 1 aromatic heterocycles. The molecule has 3 aromatic rings. The average Bonchev–Trinajstić information content (AvgIpc) is 3.35. The predicted octanol–water partition coefficient (Wildman–Crippen LogP) is 6.63. The maximum absolute atomic E-state index is 12.5. The van der Waals surface area contributed by atoms with Crippen molar-refractivity contribution in [3.63, 3.8) is 0 Å². The van der Waals surface area contributed by atoms with E-state index in [-0.39, 0.29) is 18.5 Å². The number of pyridine rings is 1. The zero-order chi connectivity index (χ0) is 25.5. The van der Waals surface area contributed by atoms with E-state index >= 15 is 0 Å². The maximum Gasteiger partial charge on any atom is 0.310 e. The van der Waals surface area contributed by atoms with Crippen LogP contribution in [0.3, 0.4) is 0 Å². The van der Waals surface area contributed by atoms with Crippen LogP contribution in [0, 0.1) is 0 Å². The first-order valence-electron chi connectivity index (χ1n) is 12.6. The van der Waals surface area contributed by atoms with Gasteiger partial charge in [-0.2, -0.15) is 0 Å². The van der Waals surface area contributed by atoms with Crippen LogP contribution in [0.2, 0.25) is 0 Å². The summed E-state index contributed by atoms with van der Waals surface area (Å²) >= 11 is 0. The van der Waals surface area contributed by atoms with Gasteiger partial charge in [-0.1, -0.05) is 18.2 Å². The lowest BCUT2D eigenvalue weighted by molar-refractivity contribution is -0.153. The number of esters is 1. The number of rotatable bonds is 9. The lowest BCUT2D eigenvalue weighted by Crippen LogP contribution is -2.25. The minimum absolute atomic E-state index is 0.213. The van der Waals surface area contributed by atoms with Crippen LogP contribution >= 0.6 is 0 Å². The molecule has 1 aliphatic carbocycles. The molecule has 6 nitrogen and oxygen atoms in total. The summed E-state index contributed by atoms with van der Waals surface area (Å²) in [5.74, 6) is 1.24. The van der Waals surface area contributed by atoms with Crippen LogP contribution in [0.4, 0.5) is 11.4 Å². The molecule has 4 rings (SSSR count). The molecule has 1 saturated carbocycles. The van der Waals surface area contributed by atoms with Crippen molar-refractivity contribution in [2.75, 3.05) is 12.0 Å². The monoisotopic (exact) mass is 488 g/mol. The largest absolute Gasteiger partial charge is 0.493 e. The molecular weight excluding hydrogens is 452 g/mol. The van der Waals surface area contributed by atoms with Crippen molar-refractivity contribution in [2.24, 2.45) is 0 Å². The third-order valence-corrected chi connectivity index (χ3v) is 6.11. The van der Waals surface area contributed by atoms with E-state index in [4.69, 9.17) is 14.2 Å². The van der Waals surface area contributed by atoms with Crippen molar-refractivity contribution in [2.45, 2.75) is 71.1 Å².